The van der Waals surface area contributed by atoms with E-state index in [0.717, 1.165) is 23.9 Å². The van der Waals surface area contributed by atoms with Crippen molar-refractivity contribution >= 4 is 11.5 Å². The highest BCUT2D eigenvalue weighted by atomic mass is 19.1. The van der Waals surface area contributed by atoms with Crippen LogP contribution in [-0.2, 0) is 11.2 Å². The number of hydrogen-bond acceptors (Lipinski definition) is 3. The number of nitrogens with one attached hydrogen (secondary N) is 1. The number of ketones is 1. The molecule has 1 atom stereocenters. The SMILES string of the molecule is O=C(Cc1cc(F)cc(F)c1)C1CNc2ccccc2O1. The fraction of sp³-hybridized carbons (Fsp3) is 0.188. The second kappa shape index (κ2) is 5.52. The van der Waals surface area contributed by atoms with Gasteiger partial charge in [-0.05, 0) is 29.8 Å². The number of carbonyl (C=O) groups is 1. The topological polar surface area (TPSA) is 38.3 Å². The number of Topliss-reactive ketones (excluding diaryl/α,β-unsaturated/α-hetero) is 1. The van der Waals surface area contributed by atoms with Crippen molar-refractivity contribution in [2.45, 2.75) is 12.5 Å². The van der Waals surface area contributed by atoms with Gasteiger partial charge in [0.15, 0.2) is 11.9 Å². The molecule has 1 heterocycles. The summed E-state index contributed by atoms with van der Waals surface area (Å²) in [6.07, 6.45) is -0.727. The van der Waals surface area contributed by atoms with Crippen molar-refractivity contribution in [3.63, 3.8) is 0 Å². The summed E-state index contributed by atoms with van der Waals surface area (Å²) >= 11 is 0. The quantitative estimate of drug-likeness (QED) is 0.944. The molecule has 0 amide bonds. The zero-order valence-electron chi connectivity index (χ0n) is 11.1. The summed E-state index contributed by atoms with van der Waals surface area (Å²) in [6, 6.07) is 10.4. The lowest BCUT2D eigenvalue weighted by molar-refractivity contribution is -0.124. The number of hydrogen-bond donors (Lipinski definition) is 1. The third-order valence-electron chi connectivity index (χ3n) is 3.29. The molecule has 0 spiro atoms. The van der Waals surface area contributed by atoms with Gasteiger partial charge < -0.3 is 10.1 Å². The third kappa shape index (κ3) is 3.02. The van der Waals surface area contributed by atoms with E-state index in [-0.39, 0.29) is 12.2 Å². The minimum atomic E-state index is -0.689. The van der Waals surface area contributed by atoms with Crippen LogP contribution in [0.5, 0.6) is 5.75 Å². The number of fused-ring (bicyclic) bond motifs is 1. The molecule has 3 nitrogen and oxygen atoms in total. The van der Waals surface area contributed by atoms with Crippen LogP contribution in [-0.4, -0.2) is 18.4 Å². The number of carbonyl (C=O) groups excluding carboxylic acids is 1. The number of halogens is 2. The fourth-order valence-electron chi connectivity index (χ4n) is 2.32. The molecule has 0 aliphatic carbocycles. The zero-order valence-corrected chi connectivity index (χ0v) is 11.1. The Labute approximate surface area is 120 Å². The predicted molar refractivity (Wildman–Crippen MR) is 74.4 cm³/mol. The highest BCUT2D eigenvalue weighted by molar-refractivity contribution is 5.87. The molecule has 3 rings (SSSR count). The molecular weight excluding hydrogens is 276 g/mol. The summed E-state index contributed by atoms with van der Waals surface area (Å²) < 4.78 is 31.9. The molecule has 1 aliphatic heterocycles. The van der Waals surface area contributed by atoms with E-state index in [4.69, 9.17) is 4.74 Å². The molecule has 0 radical (unpaired) electrons. The molecule has 0 saturated heterocycles. The maximum Gasteiger partial charge on any atom is 0.179 e. The van der Waals surface area contributed by atoms with E-state index in [1.165, 1.54) is 0 Å². The fourth-order valence-corrected chi connectivity index (χ4v) is 2.32. The van der Waals surface area contributed by atoms with Gasteiger partial charge >= 0.3 is 0 Å². The number of anilines is 1. The molecule has 21 heavy (non-hydrogen) atoms. The first kappa shape index (κ1) is 13.5. The minimum absolute atomic E-state index is 0.0663. The van der Waals surface area contributed by atoms with Crippen LogP contribution in [0.3, 0.4) is 0 Å². The molecular formula is C16H13F2NO2. The van der Waals surface area contributed by atoms with Gasteiger partial charge in [0.1, 0.15) is 17.4 Å². The maximum absolute atomic E-state index is 13.1. The summed E-state index contributed by atoms with van der Waals surface area (Å²) in [7, 11) is 0. The van der Waals surface area contributed by atoms with Crippen LogP contribution in [0.4, 0.5) is 14.5 Å². The van der Waals surface area contributed by atoms with E-state index in [1.54, 1.807) is 6.07 Å². The van der Waals surface area contributed by atoms with Gasteiger partial charge in [-0.15, -0.1) is 0 Å². The first-order valence-electron chi connectivity index (χ1n) is 6.59. The van der Waals surface area contributed by atoms with Crippen molar-refractivity contribution in [2.75, 3.05) is 11.9 Å². The van der Waals surface area contributed by atoms with E-state index in [2.05, 4.69) is 5.32 Å². The van der Waals surface area contributed by atoms with Gasteiger partial charge in [0, 0.05) is 12.5 Å². The van der Waals surface area contributed by atoms with Crippen LogP contribution in [0, 0.1) is 11.6 Å². The summed E-state index contributed by atoms with van der Waals surface area (Å²) in [5.74, 6) is -0.994. The molecule has 1 unspecified atom stereocenters. The van der Waals surface area contributed by atoms with Crippen LogP contribution in [0.1, 0.15) is 5.56 Å². The Hall–Kier alpha value is -2.43. The second-order valence-electron chi connectivity index (χ2n) is 4.90. The van der Waals surface area contributed by atoms with E-state index < -0.39 is 17.7 Å². The van der Waals surface area contributed by atoms with Crippen molar-refractivity contribution in [1.29, 1.82) is 0 Å². The average Bonchev–Trinajstić information content (AvgIpc) is 2.45. The Bertz CT molecular complexity index is 667. The summed E-state index contributed by atoms with van der Waals surface area (Å²) in [4.78, 5) is 12.2. The summed E-state index contributed by atoms with van der Waals surface area (Å²) in [6.45, 7) is 0.341. The van der Waals surface area contributed by atoms with Crippen molar-refractivity contribution in [2.24, 2.45) is 0 Å². The van der Waals surface area contributed by atoms with Gasteiger partial charge in [0.05, 0.1) is 12.2 Å². The van der Waals surface area contributed by atoms with Crippen LogP contribution in [0.25, 0.3) is 0 Å². The monoisotopic (exact) mass is 289 g/mol. The van der Waals surface area contributed by atoms with Crippen molar-refractivity contribution in [3.8, 4) is 5.75 Å². The first-order valence-corrected chi connectivity index (χ1v) is 6.59. The Morgan fingerprint density at radius 2 is 1.90 bits per heavy atom. The Morgan fingerprint density at radius 3 is 2.67 bits per heavy atom. The zero-order chi connectivity index (χ0) is 14.8. The summed E-state index contributed by atoms with van der Waals surface area (Å²) in [5, 5.41) is 3.11. The lowest BCUT2D eigenvalue weighted by Gasteiger charge is -2.26. The van der Waals surface area contributed by atoms with E-state index >= 15 is 0 Å². The lowest BCUT2D eigenvalue weighted by Crippen LogP contribution is -2.38. The Balaban J connectivity index is 1.72. The molecule has 0 fully saturated rings. The molecule has 0 bridgehead atoms. The molecule has 2 aromatic rings. The van der Waals surface area contributed by atoms with Crippen LogP contribution < -0.4 is 10.1 Å². The van der Waals surface area contributed by atoms with Gasteiger partial charge in [-0.3, -0.25) is 4.79 Å². The Kier molecular flexibility index (Phi) is 3.56. The number of para-hydroxylation sites is 2. The number of rotatable bonds is 3. The number of ether oxygens (including phenoxy) is 1. The molecule has 1 N–H and O–H groups in total. The van der Waals surface area contributed by atoms with Crippen molar-refractivity contribution in [1.82, 2.24) is 0 Å². The third-order valence-corrected chi connectivity index (χ3v) is 3.29. The molecule has 1 aliphatic rings. The average molecular weight is 289 g/mol. The van der Waals surface area contributed by atoms with E-state index in [0.29, 0.717) is 17.9 Å². The standard InChI is InChI=1S/C16H13F2NO2/c17-11-5-10(6-12(18)8-11)7-14(20)16-9-19-13-3-1-2-4-15(13)21-16/h1-6,8,16,19H,7,9H2. The molecule has 108 valence electrons. The molecule has 5 heteroatoms. The van der Waals surface area contributed by atoms with Gasteiger partial charge in [0.25, 0.3) is 0 Å². The second-order valence-corrected chi connectivity index (χ2v) is 4.90. The van der Waals surface area contributed by atoms with Gasteiger partial charge in [-0.25, -0.2) is 8.78 Å². The smallest absolute Gasteiger partial charge is 0.179 e. The van der Waals surface area contributed by atoms with Gasteiger partial charge in [-0.1, -0.05) is 12.1 Å². The highest BCUT2D eigenvalue weighted by Crippen LogP contribution is 2.28. The normalized spacial score (nSPS) is 16.6. The summed E-state index contributed by atoms with van der Waals surface area (Å²) in [5.41, 5.74) is 1.14. The largest absolute Gasteiger partial charge is 0.479 e. The first-order chi connectivity index (χ1) is 10.1. The molecule has 0 saturated carbocycles. The van der Waals surface area contributed by atoms with Gasteiger partial charge in [-0.2, -0.15) is 0 Å². The Morgan fingerprint density at radius 1 is 1.19 bits per heavy atom. The van der Waals surface area contributed by atoms with Crippen molar-refractivity contribution < 1.29 is 18.3 Å². The van der Waals surface area contributed by atoms with Crippen LogP contribution >= 0.6 is 0 Å². The van der Waals surface area contributed by atoms with E-state index in [1.807, 2.05) is 18.2 Å². The lowest BCUT2D eigenvalue weighted by atomic mass is 10.0. The maximum atomic E-state index is 13.1. The van der Waals surface area contributed by atoms with E-state index in [9.17, 15) is 13.6 Å². The number of benzene rings is 2. The predicted octanol–water partition coefficient (Wildman–Crippen LogP) is 2.95. The minimum Gasteiger partial charge on any atom is -0.479 e. The highest BCUT2D eigenvalue weighted by Gasteiger charge is 2.25. The van der Waals surface area contributed by atoms with Crippen molar-refractivity contribution in [3.05, 3.63) is 59.7 Å². The van der Waals surface area contributed by atoms with Gasteiger partial charge in [0.2, 0.25) is 0 Å². The molecule has 0 aromatic heterocycles. The van der Waals surface area contributed by atoms with Crippen LogP contribution in [0.2, 0.25) is 0 Å². The van der Waals surface area contributed by atoms with Crippen LogP contribution in [0.15, 0.2) is 42.5 Å². The molecule has 2 aromatic carbocycles.